The van der Waals surface area contributed by atoms with Crippen LogP contribution >= 0.6 is 0 Å². The molecule has 0 saturated carbocycles. The van der Waals surface area contributed by atoms with Crippen LogP contribution in [0.3, 0.4) is 0 Å². The minimum absolute atomic E-state index is 0.160. The monoisotopic (exact) mass is 285 g/mol. The Morgan fingerprint density at radius 1 is 1.26 bits per heavy atom. The van der Waals surface area contributed by atoms with Gasteiger partial charge in [0.1, 0.15) is 0 Å². The fourth-order valence-electron chi connectivity index (χ4n) is 2.18. The Morgan fingerprint density at radius 3 is 2.47 bits per heavy atom. The fourth-order valence-corrected chi connectivity index (χ4v) is 3.94. The zero-order valence-electron chi connectivity index (χ0n) is 11.2. The maximum atomic E-state index is 12.6. The number of morpholine rings is 1. The van der Waals surface area contributed by atoms with Gasteiger partial charge >= 0.3 is 0 Å². The molecule has 19 heavy (non-hydrogen) atoms. The zero-order chi connectivity index (χ0) is 14.0. The standard InChI is InChI=1S/C13H19NO4S/c1-10-7-12(9-15)8-13(11(10)2)19(16,17)14-3-5-18-6-4-14/h7-8,15H,3-6,9H2,1-2H3. The van der Waals surface area contributed by atoms with E-state index in [-0.39, 0.29) is 6.61 Å². The van der Waals surface area contributed by atoms with Crippen molar-refractivity contribution in [1.82, 2.24) is 4.31 Å². The van der Waals surface area contributed by atoms with Crippen molar-refractivity contribution in [2.24, 2.45) is 0 Å². The minimum Gasteiger partial charge on any atom is -0.392 e. The van der Waals surface area contributed by atoms with E-state index in [2.05, 4.69) is 0 Å². The van der Waals surface area contributed by atoms with E-state index >= 15 is 0 Å². The predicted octanol–water partition coefficient (Wildman–Crippen LogP) is 0.817. The maximum Gasteiger partial charge on any atom is 0.243 e. The van der Waals surface area contributed by atoms with Gasteiger partial charge in [0.15, 0.2) is 0 Å². The highest BCUT2D eigenvalue weighted by atomic mass is 32.2. The van der Waals surface area contributed by atoms with Gasteiger partial charge in [0.05, 0.1) is 24.7 Å². The topological polar surface area (TPSA) is 66.8 Å². The van der Waals surface area contributed by atoms with Gasteiger partial charge in [-0.05, 0) is 36.6 Å². The molecule has 0 unspecified atom stereocenters. The Balaban J connectivity index is 2.47. The second-order valence-corrected chi connectivity index (χ2v) is 6.62. The van der Waals surface area contributed by atoms with E-state index < -0.39 is 10.0 Å². The molecule has 5 nitrogen and oxygen atoms in total. The van der Waals surface area contributed by atoms with Crippen molar-refractivity contribution in [2.75, 3.05) is 26.3 Å². The molecule has 106 valence electrons. The Labute approximate surface area is 113 Å². The van der Waals surface area contributed by atoms with Crippen LogP contribution in [0.15, 0.2) is 17.0 Å². The first kappa shape index (κ1) is 14.5. The maximum absolute atomic E-state index is 12.6. The zero-order valence-corrected chi connectivity index (χ0v) is 12.0. The Hall–Kier alpha value is -0.950. The molecule has 1 aliphatic heterocycles. The van der Waals surface area contributed by atoms with E-state index in [4.69, 9.17) is 4.74 Å². The average molecular weight is 285 g/mol. The Kier molecular flexibility index (Phi) is 4.25. The molecule has 1 heterocycles. The summed E-state index contributed by atoms with van der Waals surface area (Å²) in [5.74, 6) is 0. The molecule has 0 radical (unpaired) electrons. The predicted molar refractivity (Wildman–Crippen MR) is 71.4 cm³/mol. The summed E-state index contributed by atoms with van der Waals surface area (Å²) in [5.41, 5.74) is 2.23. The van der Waals surface area contributed by atoms with Crippen molar-refractivity contribution < 1.29 is 18.3 Å². The highest BCUT2D eigenvalue weighted by Gasteiger charge is 2.28. The number of hydrogen-bond donors (Lipinski definition) is 1. The fraction of sp³-hybridized carbons (Fsp3) is 0.538. The molecule has 1 aromatic carbocycles. The second kappa shape index (κ2) is 5.58. The van der Waals surface area contributed by atoms with Crippen molar-refractivity contribution in [1.29, 1.82) is 0 Å². The Morgan fingerprint density at radius 2 is 1.89 bits per heavy atom. The van der Waals surface area contributed by atoms with Crippen LogP contribution in [-0.2, 0) is 21.4 Å². The molecule has 0 amide bonds. The molecule has 2 rings (SSSR count). The van der Waals surface area contributed by atoms with Crippen molar-refractivity contribution >= 4 is 10.0 Å². The minimum atomic E-state index is -3.51. The van der Waals surface area contributed by atoms with Crippen LogP contribution in [0.2, 0.25) is 0 Å². The van der Waals surface area contributed by atoms with Gasteiger partial charge in [-0.15, -0.1) is 0 Å². The van der Waals surface area contributed by atoms with Gasteiger partial charge in [-0.3, -0.25) is 0 Å². The van der Waals surface area contributed by atoms with Crippen LogP contribution in [0.4, 0.5) is 0 Å². The number of ether oxygens (including phenoxy) is 1. The van der Waals surface area contributed by atoms with E-state index in [1.165, 1.54) is 4.31 Å². The van der Waals surface area contributed by atoms with Gasteiger partial charge in [-0.25, -0.2) is 8.42 Å². The lowest BCUT2D eigenvalue weighted by atomic mass is 10.1. The number of sulfonamides is 1. The number of aryl methyl sites for hydroxylation is 1. The number of hydrogen-bond acceptors (Lipinski definition) is 4. The van der Waals surface area contributed by atoms with Gasteiger partial charge in [0.2, 0.25) is 10.0 Å². The van der Waals surface area contributed by atoms with Crippen LogP contribution in [0, 0.1) is 13.8 Å². The smallest absolute Gasteiger partial charge is 0.243 e. The van der Waals surface area contributed by atoms with Crippen molar-refractivity contribution in [3.8, 4) is 0 Å². The second-order valence-electron chi connectivity index (χ2n) is 4.71. The lowest BCUT2D eigenvalue weighted by Gasteiger charge is -2.27. The van der Waals surface area contributed by atoms with E-state index in [0.29, 0.717) is 36.8 Å². The van der Waals surface area contributed by atoms with Crippen LogP contribution in [-0.4, -0.2) is 44.1 Å². The van der Waals surface area contributed by atoms with Gasteiger partial charge in [-0.1, -0.05) is 6.07 Å². The summed E-state index contributed by atoms with van der Waals surface area (Å²) in [6.07, 6.45) is 0. The lowest BCUT2D eigenvalue weighted by Crippen LogP contribution is -2.40. The SMILES string of the molecule is Cc1cc(CO)cc(S(=O)(=O)N2CCOCC2)c1C. The third kappa shape index (κ3) is 2.81. The summed E-state index contributed by atoms with van der Waals surface area (Å²) < 4.78 is 31.9. The summed E-state index contributed by atoms with van der Waals surface area (Å²) >= 11 is 0. The van der Waals surface area contributed by atoms with E-state index in [9.17, 15) is 13.5 Å². The first-order chi connectivity index (χ1) is 8.96. The first-order valence-corrected chi connectivity index (χ1v) is 7.69. The highest BCUT2D eigenvalue weighted by Crippen LogP contribution is 2.25. The molecule has 0 aromatic heterocycles. The van der Waals surface area contributed by atoms with Crippen LogP contribution in [0.5, 0.6) is 0 Å². The highest BCUT2D eigenvalue weighted by molar-refractivity contribution is 7.89. The molecular weight excluding hydrogens is 266 g/mol. The molecule has 6 heteroatoms. The quantitative estimate of drug-likeness (QED) is 0.893. The molecule has 0 atom stereocenters. The van der Waals surface area contributed by atoms with Gasteiger partial charge in [0.25, 0.3) is 0 Å². The number of aliphatic hydroxyl groups is 1. The molecule has 0 bridgehead atoms. The van der Waals surface area contributed by atoms with Crippen LogP contribution < -0.4 is 0 Å². The van der Waals surface area contributed by atoms with Crippen molar-refractivity contribution in [2.45, 2.75) is 25.3 Å². The number of rotatable bonds is 3. The van der Waals surface area contributed by atoms with E-state index in [1.807, 2.05) is 13.0 Å². The van der Waals surface area contributed by atoms with Crippen LogP contribution in [0.25, 0.3) is 0 Å². The third-order valence-corrected chi connectivity index (χ3v) is 5.47. The molecule has 1 aliphatic rings. The van der Waals surface area contributed by atoms with Crippen molar-refractivity contribution in [3.05, 3.63) is 28.8 Å². The molecule has 0 aliphatic carbocycles. The number of nitrogens with zero attached hydrogens (tertiary/aromatic N) is 1. The summed E-state index contributed by atoms with van der Waals surface area (Å²) in [7, 11) is -3.51. The largest absolute Gasteiger partial charge is 0.392 e. The Bertz CT molecular complexity index is 562. The van der Waals surface area contributed by atoms with E-state index in [1.54, 1.807) is 13.0 Å². The molecule has 1 fully saturated rings. The number of aliphatic hydroxyl groups excluding tert-OH is 1. The first-order valence-electron chi connectivity index (χ1n) is 6.25. The van der Waals surface area contributed by atoms with Crippen molar-refractivity contribution in [3.63, 3.8) is 0 Å². The normalized spacial score (nSPS) is 17.6. The summed E-state index contributed by atoms with van der Waals surface area (Å²) in [6.45, 7) is 5.10. The van der Waals surface area contributed by atoms with Gasteiger partial charge in [0, 0.05) is 13.1 Å². The molecule has 0 spiro atoms. The van der Waals surface area contributed by atoms with Crippen LogP contribution in [0.1, 0.15) is 16.7 Å². The summed E-state index contributed by atoms with van der Waals surface area (Å²) in [5, 5.41) is 9.23. The molecular formula is C13H19NO4S. The summed E-state index contributed by atoms with van der Waals surface area (Å²) in [4.78, 5) is 0.290. The lowest BCUT2D eigenvalue weighted by molar-refractivity contribution is 0.0730. The number of benzene rings is 1. The average Bonchev–Trinajstić information content (AvgIpc) is 2.42. The third-order valence-electron chi connectivity index (χ3n) is 3.45. The summed E-state index contributed by atoms with van der Waals surface area (Å²) in [6, 6.07) is 3.38. The van der Waals surface area contributed by atoms with Gasteiger partial charge < -0.3 is 9.84 Å². The van der Waals surface area contributed by atoms with E-state index in [0.717, 1.165) is 11.1 Å². The molecule has 1 aromatic rings. The molecule has 1 saturated heterocycles. The molecule has 1 N–H and O–H groups in total. The van der Waals surface area contributed by atoms with Gasteiger partial charge in [-0.2, -0.15) is 4.31 Å².